The summed E-state index contributed by atoms with van der Waals surface area (Å²) in [5.41, 5.74) is 3.25. The van der Waals surface area contributed by atoms with Crippen LogP contribution in [0.1, 0.15) is 19.3 Å². The smallest absolute Gasteiger partial charge is 0.198 e. The molecular weight excluding hydrogens is 414 g/mol. The molecule has 2 aromatic carbocycles. The third-order valence-electron chi connectivity index (χ3n) is 5.29. The number of aromatic amines is 1. The van der Waals surface area contributed by atoms with Crippen LogP contribution in [0.3, 0.4) is 0 Å². The van der Waals surface area contributed by atoms with Gasteiger partial charge in [0.15, 0.2) is 5.82 Å². The fourth-order valence-corrected chi connectivity index (χ4v) is 4.41. The van der Waals surface area contributed by atoms with Crippen LogP contribution in [0.4, 0.5) is 10.1 Å². The molecule has 4 aromatic rings. The molecule has 5 rings (SSSR count). The average Bonchev–Trinajstić information content (AvgIpc) is 3.35. The third-order valence-corrected chi connectivity index (χ3v) is 5.82. The number of nitrogens with one attached hydrogen (secondary N) is 1. The van der Waals surface area contributed by atoms with E-state index >= 15 is 0 Å². The standard InChI is InChI=1S/C20H17Cl2FN6/c21-12-5-4-6-13(9-12)29-17-11-15(22)16(23)10-14(17)18(28-7-2-1-3-8-28)19(29)20-24-26-27-25-20/h4-6,9-11H,1-3,7-8H2,(H,24,25,26,27). The molecule has 0 saturated carbocycles. The summed E-state index contributed by atoms with van der Waals surface area (Å²) in [5, 5.41) is 16.0. The summed E-state index contributed by atoms with van der Waals surface area (Å²) in [5.74, 6) is 0.0428. The summed E-state index contributed by atoms with van der Waals surface area (Å²) >= 11 is 12.5. The Kier molecular flexibility index (Phi) is 4.64. The van der Waals surface area contributed by atoms with Gasteiger partial charge in [-0.25, -0.2) is 9.49 Å². The number of hydrogen-bond donors (Lipinski definition) is 1. The molecule has 1 aliphatic rings. The molecule has 1 fully saturated rings. The van der Waals surface area contributed by atoms with Crippen molar-refractivity contribution in [2.75, 3.05) is 18.0 Å². The number of fused-ring (bicyclic) bond motifs is 1. The molecule has 148 valence electrons. The van der Waals surface area contributed by atoms with E-state index < -0.39 is 5.82 Å². The van der Waals surface area contributed by atoms with Crippen molar-refractivity contribution in [1.82, 2.24) is 25.2 Å². The van der Waals surface area contributed by atoms with Crippen LogP contribution < -0.4 is 4.90 Å². The molecule has 2 aromatic heterocycles. The lowest BCUT2D eigenvalue weighted by Gasteiger charge is -2.29. The van der Waals surface area contributed by atoms with Crippen LogP contribution >= 0.6 is 23.2 Å². The van der Waals surface area contributed by atoms with E-state index in [1.165, 1.54) is 12.5 Å². The van der Waals surface area contributed by atoms with Gasteiger partial charge in [-0.1, -0.05) is 29.3 Å². The van der Waals surface area contributed by atoms with Crippen molar-refractivity contribution in [2.24, 2.45) is 0 Å². The summed E-state index contributed by atoms with van der Waals surface area (Å²) in [6.07, 6.45) is 3.34. The minimum Gasteiger partial charge on any atom is -0.369 e. The highest BCUT2D eigenvalue weighted by Crippen LogP contribution is 2.43. The molecule has 9 heteroatoms. The molecule has 0 aliphatic carbocycles. The molecule has 1 N–H and O–H groups in total. The number of aromatic nitrogens is 5. The van der Waals surface area contributed by atoms with Crippen LogP contribution in [0, 0.1) is 5.82 Å². The Bertz CT molecular complexity index is 1180. The lowest BCUT2D eigenvalue weighted by atomic mass is 10.1. The number of piperidine rings is 1. The second-order valence-electron chi connectivity index (χ2n) is 7.09. The first kappa shape index (κ1) is 18.4. The van der Waals surface area contributed by atoms with E-state index in [1.807, 2.05) is 28.8 Å². The Morgan fingerprint density at radius 2 is 1.86 bits per heavy atom. The second kappa shape index (κ2) is 7.31. The van der Waals surface area contributed by atoms with Gasteiger partial charge in [0.1, 0.15) is 11.5 Å². The zero-order chi connectivity index (χ0) is 20.0. The Labute approximate surface area is 176 Å². The number of anilines is 1. The predicted octanol–water partition coefficient (Wildman–Crippen LogP) is 5.25. The van der Waals surface area contributed by atoms with Crippen molar-refractivity contribution in [3.8, 4) is 17.2 Å². The summed E-state index contributed by atoms with van der Waals surface area (Å²) in [6, 6.07) is 10.6. The van der Waals surface area contributed by atoms with Crippen molar-refractivity contribution in [2.45, 2.75) is 19.3 Å². The van der Waals surface area contributed by atoms with E-state index in [4.69, 9.17) is 23.2 Å². The van der Waals surface area contributed by atoms with Gasteiger partial charge in [-0.05, 0) is 60.0 Å². The Hall–Kier alpha value is -2.64. The Morgan fingerprint density at radius 3 is 2.59 bits per heavy atom. The van der Waals surface area contributed by atoms with E-state index in [0.29, 0.717) is 10.8 Å². The maximum Gasteiger partial charge on any atom is 0.198 e. The fraction of sp³-hybridized carbons (Fsp3) is 0.250. The summed E-state index contributed by atoms with van der Waals surface area (Å²) in [6.45, 7) is 1.76. The normalized spacial score (nSPS) is 14.7. The van der Waals surface area contributed by atoms with Gasteiger partial charge in [0, 0.05) is 29.2 Å². The highest BCUT2D eigenvalue weighted by atomic mass is 35.5. The van der Waals surface area contributed by atoms with Gasteiger partial charge in [0.2, 0.25) is 0 Å². The lowest BCUT2D eigenvalue weighted by molar-refractivity contribution is 0.579. The van der Waals surface area contributed by atoms with Crippen LogP contribution in [-0.2, 0) is 0 Å². The van der Waals surface area contributed by atoms with E-state index in [1.54, 1.807) is 6.07 Å². The minimum atomic E-state index is -0.456. The molecule has 0 spiro atoms. The SMILES string of the molecule is Fc1cc2c(N3CCCCC3)c(-c3nnn[nH]3)n(-c3cccc(Cl)c3)c2cc1Cl. The molecule has 1 aliphatic heterocycles. The van der Waals surface area contributed by atoms with Crippen molar-refractivity contribution < 1.29 is 4.39 Å². The van der Waals surface area contributed by atoms with Crippen molar-refractivity contribution >= 4 is 39.8 Å². The molecule has 0 unspecified atom stereocenters. The molecule has 0 bridgehead atoms. The largest absolute Gasteiger partial charge is 0.369 e. The monoisotopic (exact) mass is 430 g/mol. The van der Waals surface area contributed by atoms with Gasteiger partial charge in [-0.2, -0.15) is 0 Å². The Balaban J connectivity index is 1.91. The molecule has 0 atom stereocenters. The molecule has 0 radical (unpaired) electrons. The van der Waals surface area contributed by atoms with E-state index in [0.717, 1.165) is 53.9 Å². The van der Waals surface area contributed by atoms with Crippen molar-refractivity contribution in [3.05, 3.63) is 52.3 Å². The summed E-state index contributed by atoms with van der Waals surface area (Å²) < 4.78 is 16.5. The van der Waals surface area contributed by atoms with Crippen molar-refractivity contribution in [3.63, 3.8) is 0 Å². The van der Waals surface area contributed by atoms with Crippen molar-refractivity contribution in [1.29, 1.82) is 0 Å². The number of halogens is 3. The van der Waals surface area contributed by atoms with Crippen LogP contribution in [0.15, 0.2) is 36.4 Å². The second-order valence-corrected chi connectivity index (χ2v) is 7.94. The van der Waals surface area contributed by atoms with E-state index in [9.17, 15) is 4.39 Å². The molecule has 0 amide bonds. The Morgan fingerprint density at radius 1 is 1.03 bits per heavy atom. The predicted molar refractivity (Wildman–Crippen MR) is 112 cm³/mol. The third kappa shape index (κ3) is 3.14. The number of nitrogens with zero attached hydrogens (tertiary/aromatic N) is 5. The quantitative estimate of drug-likeness (QED) is 0.482. The number of H-pyrrole nitrogens is 1. The maximum atomic E-state index is 14.5. The average molecular weight is 431 g/mol. The fourth-order valence-electron chi connectivity index (χ4n) is 4.06. The number of tetrazole rings is 1. The molecule has 6 nitrogen and oxygen atoms in total. The molecule has 1 saturated heterocycles. The summed E-state index contributed by atoms with van der Waals surface area (Å²) in [4.78, 5) is 2.28. The van der Waals surface area contributed by atoms with Crippen LogP contribution in [0.25, 0.3) is 28.1 Å². The van der Waals surface area contributed by atoms with E-state index in [-0.39, 0.29) is 5.02 Å². The first-order chi connectivity index (χ1) is 14.1. The maximum absolute atomic E-state index is 14.5. The van der Waals surface area contributed by atoms with Gasteiger partial charge < -0.3 is 9.47 Å². The van der Waals surface area contributed by atoms with Crippen LogP contribution in [0.5, 0.6) is 0 Å². The first-order valence-electron chi connectivity index (χ1n) is 9.42. The zero-order valence-corrected chi connectivity index (χ0v) is 16.9. The minimum absolute atomic E-state index is 0.0608. The van der Waals surface area contributed by atoms with Crippen LogP contribution in [0.2, 0.25) is 10.0 Å². The first-order valence-corrected chi connectivity index (χ1v) is 10.2. The van der Waals surface area contributed by atoms with Gasteiger partial charge in [0.25, 0.3) is 0 Å². The highest BCUT2D eigenvalue weighted by Gasteiger charge is 2.28. The number of rotatable bonds is 3. The van der Waals surface area contributed by atoms with Gasteiger partial charge in [-0.15, -0.1) is 5.10 Å². The zero-order valence-electron chi connectivity index (χ0n) is 15.4. The van der Waals surface area contributed by atoms with Gasteiger partial charge >= 0.3 is 0 Å². The van der Waals surface area contributed by atoms with Gasteiger partial charge in [0.05, 0.1) is 16.2 Å². The number of hydrogen-bond acceptors (Lipinski definition) is 4. The highest BCUT2D eigenvalue weighted by molar-refractivity contribution is 6.32. The molecule has 3 heterocycles. The summed E-state index contributed by atoms with van der Waals surface area (Å²) in [7, 11) is 0. The number of benzene rings is 2. The van der Waals surface area contributed by atoms with Gasteiger partial charge in [-0.3, -0.25) is 0 Å². The topological polar surface area (TPSA) is 62.6 Å². The lowest BCUT2D eigenvalue weighted by Crippen LogP contribution is -2.29. The molecular formula is C20H17Cl2FN6. The van der Waals surface area contributed by atoms with E-state index in [2.05, 4.69) is 25.5 Å². The van der Waals surface area contributed by atoms with Crippen LogP contribution in [-0.4, -0.2) is 38.3 Å². The molecule has 29 heavy (non-hydrogen) atoms.